The Hall–Kier alpha value is -3.36. The summed E-state index contributed by atoms with van der Waals surface area (Å²) in [5.41, 5.74) is 4.17. The van der Waals surface area contributed by atoms with E-state index in [1.807, 2.05) is 57.4 Å². The number of sulfonamides is 1. The summed E-state index contributed by atoms with van der Waals surface area (Å²) in [6, 6.07) is 15.8. The van der Waals surface area contributed by atoms with E-state index in [0.29, 0.717) is 44.0 Å². The molecule has 226 valence electrons. The van der Waals surface area contributed by atoms with Crippen LogP contribution >= 0.6 is 11.3 Å². The molecule has 1 fully saturated rings. The number of thiazole rings is 1. The van der Waals surface area contributed by atoms with Crippen molar-refractivity contribution in [1.29, 1.82) is 0 Å². The molecule has 1 aliphatic rings. The van der Waals surface area contributed by atoms with Gasteiger partial charge in [0.1, 0.15) is 0 Å². The molecule has 0 aliphatic carbocycles. The summed E-state index contributed by atoms with van der Waals surface area (Å²) in [7, 11) is 1.54. The fourth-order valence-corrected chi connectivity index (χ4v) is 7.84. The van der Waals surface area contributed by atoms with Crippen molar-refractivity contribution < 1.29 is 22.7 Å². The Morgan fingerprint density at radius 2 is 1.74 bits per heavy atom. The third-order valence-electron chi connectivity index (χ3n) is 6.85. The molecule has 1 aromatic heterocycles. The number of nitrogens with one attached hydrogen (secondary N) is 2. The molecule has 0 spiro atoms. The zero-order valence-electron chi connectivity index (χ0n) is 24.6. The number of rotatable bonds is 10. The molecule has 2 heterocycles. The first-order valence-corrected chi connectivity index (χ1v) is 15.9. The average Bonchev–Trinajstić information content (AvgIpc) is 3.33. The van der Waals surface area contributed by atoms with Gasteiger partial charge in [0.25, 0.3) is 15.9 Å². The highest BCUT2D eigenvalue weighted by atomic mass is 32.2. The quantitative estimate of drug-likeness (QED) is 0.356. The standard InChI is InChI=1S/C29H38N6O5S2/c1-20(30-26(36)25-11-7-10-24(17-25)23-9-6-8-22(16-23)19-33(3)4)18-34-12-14-35(15-13-34)42(38,39)27-21(2)31-28(41-27)32-29(37)40-5/h6-11,16-17,20H,12-15,18-19H2,1-5H3,(H,30,36)(H,31,32,37)/t20-/m0/s1. The van der Waals surface area contributed by atoms with Crippen LogP contribution in [0, 0.1) is 6.92 Å². The highest BCUT2D eigenvalue weighted by Gasteiger charge is 2.32. The number of carbonyl (C=O) groups excluding carboxylic acids is 2. The van der Waals surface area contributed by atoms with E-state index in [4.69, 9.17) is 0 Å². The zero-order chi connectivity index (χ0) is 30.4. The summed E-state index contributed by atoms with van der Waals surface area (Å²) in [5, 5.41) is 5.68. The van der Waals surface area contributed by atoms with Gasteiger partial charge < -0.3 is 15.0 Å². The lowest BCUT2D eigenvalue weighted by Gasteiger charge is -2.35. The Kier molecular flexibility index (Phi) is 10.3. The predicted molar refractivity (Wildman–Crippen MR) is 164 cm³/mol. The molecule has 4 rings (SSSR count). The zero-order valence-corrected chi connectivity index (χ0v) is 26.2. The maximum absolute atomic E-state index is 13.3. The van der Waals surface area contributed by atoms with Crippen molar-refractivity contribution in [1.82, 2.24) is 24.4 Å². The molecule has 42 heavy (non-hydrogen) atoms. The van der Waals surface area contributed by atoms with Gasteiger partial charge in [0, 0.05) is 50.9 Å². The van der Waals surface area contributed by atoms with Crippen LogP contribution in [0.1, 0.15) is 28.5 Å². The summed E-state index contributed by atoms with van der Waals surface area (Å²) in [6.45, 7) is 6.68. The molecule has 13 heteroatoms. The second-order valence-electron chi connectivity index (χ2n) is 10.6. The first-order chi connectivity index (χ1) is 20.0. The average molecular weight is 615 g/mol. The van der Waals surface area contributed by atoms with Gasteiger partial charge in [-0.3, -0.25) is 15.0 Å². The number of carbonyl (C=O) groups is 2. The SMILES string of the molecule is COC(=O)Nc1nc(C)c(S(=O)(=O)N2CCN(C[C@H](C)NC(=O)c3cccc(-c4cccc(CN(C)C)c4)c3)CC2)s1. The topological polar surface area (TPSA) is 124 Å². The Morgan fingerprint density at radius 3 is 2.40 bits per heavy atom. The Balaban J connectivity index is 1.31. The minimum absolute atomic E-state index is 0.106. The number of amides is 2. The van der Waals surface area contributed by atoms with Crippen LogP contribution in [0.3, 0.4) is 0 Å². The van der Waals surface area contributed by atoms with E-state index in [0.717, 1.165) is 29.0 Å². The van der Waals surface area contributed by atoms with E-state index < -0.39 is 16.1 Å². The molecule has 1 aliphatic heterocycles. The van der Waals surface area contributed by atoms with Crippen molar-refractivity contribution in [2.24, 2.45) is 0 Å². The van der Waals surface area contributed by atoms with Gasteiger partial charge in [-0.05, 0) is 62.8 Å². The molecule has 0 radical (unpaired) electrons. The van der Waals surface area contributed by atoms with Crippen LogP contribution in [0.5, 0.6) is 0 Å². The molecule has 2 N–H and O–H groups in total. The molecule has 2 aromatic carbocycles. The summed E-state index contributed by atoms with van der Waals surface area (Å²) in [5.74, 6) is -0.146. The van der Waals surface area contributed by atoms with Crippen LogP contribution < -0.4 is 10.6 Å². The molecule has 0 saturated carbocycles. The first-order valence-electron chi connectivity index (χ1n) is 13.7. The smallest absolute Gasteiger partial charge is 0.413 e. The number of methoxy groups -OCH3 is 1. The summed E-state index contributed by atoms with van der Waals surface area (Å²) in [6.07, 6.45) is -0.708. The molecular formula is C29H38N6O5S2. The first kappa shape index (κ1) is 31.6. The van der Waals surface area contributed by atoms with Gasteiger partial charge in [0.2, 0.25) is 0 Å². The Bertz CT molecular complexity index is 1520. The normalized spacial score (nSPS) is 15.4. The molecule has 2 amide bonds. The van der Waals surface area contributed by atoms with Gasteiger partial charge in [0.05, 0.1) is 12.8 Å². The van der Waals surface area contributed by atoms with Crippen molar-refractivity contribution >= 4 is 38.5 Å². The van der Waals surface area contributed by atoms with E-state index >= 15 is 0 Å². The lowest BCUT2D eigenvalue weighted by Crippen LogP contribution is -2.52. The van der Waals surface area contributed by atoms with Gasteiger partial charge >= 0.3 is 6.09 Å². The molecule has 0 unspecified atom stereocenters. The Morgan fingerprint density at radius 1 is 1.07 bits per heavy atom. The molecule has 0 bridgehead atoms. The highest BCUT2D eigenvalue weighted by molar-refractivity contribution is 7.91. The fourth-order valence-electron chi connectivity index (χ4n) is 4.88. The number of aromatic nitrogens is 1. The molecule has 1 saturated heterocycles. The van der Waals surface area contributed by atoms with Crippen LogP contribution in [-0.4, -0.2) is 99.5 Å². The van der Waals surface area contributed by atoms with Crippen molar-refractivity contribution in [3.8, 4) is 11.1 Å². The van der Waals surface area contributed by atoms with Gasteiger partial charge in [-0.1, -0.05) is 41.7 Å². The van der Waals surface area contributed by atoms with Gasteiger partial charge in [-0.15, -0.1) is 0 Å². The lowest BCUT2D eigenvalue weighted by molar-refractivity contribution is 0.0922. The van der Waals surface area contributed by atoms with E-state index in [1.54, 1.807) is 6.92 Å². The fraction of sp³-hybridized carbons (Fsp3) is 0.414. The second-order valence-corrected chi connectivity index (χ2v) is 13.7. The van der Waals surface area contributed by atoms with E-state index in [-0.39, 0.29) is 21.3 Å². The number of benzene rings is 2. The maximum Gasteiger partial charge on any atom is 0.413 e. The molecular weight excluding hydrogens is 576 g/mol. The van der Waals surface area contributed by atoms with Crippen LogP contribution in [-0.2, 0) is 21.3 Å². The number of piperazine rings is 1. The van der Waals surface area contributed by atoms with Crippen LogP contribution in [0.2, 0.25) is 0 Å². The lowest BCUT2D eigenvalue weighted by atomic mass is 10.0. The number of anilines is 1. The minimum atomic E-state index is -3.76. The number of nitrogens with zero attached hydrogens (tertiary/aromatic N) is 4. The van der Waals surface area contributed by atoms with Crippen molar-refractivity contribution in [3.63, 3.8) is 0 Å². The third-order valence-corrected chi connectivity index (χ3v) is 10.4. The third kappa shape index (κ3) is 7.92. The number of aryl methyl sites for hydroxylation is 1. The summed E-state index contributed by atoms with van der Waals surface area (Å²) >= 11 is 0.907. The van der Waals surface area contributed by atoms with Crippen molar-refractivity contribution in [2.75, 3.05) is 59.2 Å². The van der Waals surface area contributed by atoms with Crippen molar-refractivity contribution in [2.45, 2.75) is 30.6 Å². The largest absolute Gasteiger partial charge is 0.453 e. The summed E-state index contributed by atoms with van der Waals surface area (Å²) in [4.78, 5) is 33.0. The van der Waals surface area contributed by atoms with Gasteiger partial charge in [-0.25, -0.2) is 18.2 Å². The van der Waals surface area contributed by atoms with Crippen LogP contribution in [0.15, 0.2) is 52.7 Å². The molecule has 1 atom stereocenters. The van der Waals surface area contributed by atoms with E-state index in [2.05, 4.69) is 42.3 Å². The van der Waals surface area contributed by atoms with Crippen molar-refractivity contribution in [3.05, 3.63) is 65.4 Å². The maximum atomic E-state index is 13.3. The predicted octanol–water partition coefficient (Wildman–Crippen LogP) is 3.48. The highest BCUT2D eigenvalue weighted by Crippen LogP contribution is 2.30. The summed E-state index contributed by atoms with van der Waals surface area (Å²) < 4.78 is 32.7. The second kappa shape index (κ2) is 13.7. The van der Waals surface area contributed by atoms with E-state index in [1.165, 1.54) is 17.0 Å². The Labute approximate surface area is 251 Å². The number of hydrogen-bond donors (Lipinski definition) is 2. The molecule has 3 aromatic rings. The molecule has 11 nitrogen and oxygen atoms in total. The number of hydrogen-bond acceptors (Lipinski definition) is 9. The van der Waals surface area contributed by atoms with Crippen LogP contribution in [0.25, 0.3) is 11.1 Å². The van der Waals surface area contributed by atoms with Crippen LogP contribution in [0.4, 0.5) is 9.93 Å². The van der Waals surface area contributed by atoms with Gasteiger partial charge in [0.15, 0.2) is 9.34 Å². The van der Waals surface area contributed by atoms with Gasteiger partial charge in [-0.2, -0.15) is 4.31 Å². The minimum Gasteiger partial charge on any atom is -0.453 e. The monoisotopic (exact) mass is 614 g/mol. The number of ether oxygens (including phenoxy) is 1. The van der Waals surface area contributed by atoms with E-state index in [9.17, 15) is 18.0 Å².